The minimum Gasteiger partial charge on any atom is -0.507 e. The van der Waals surface area contributed by atoms with Crippen LogP contribution < -0.4 is 0 Å². The molecule has 0 spiro atoms. The monoisotopic (exact) mass is 343 g/mol. The van der Waals surface area contributed by atoms with Gasteiger partial charge < -0.3 is 15.1 Å². The van der Waals surface area contributed by atoms with E-state index in [1.165, 1.54) is 23.1 Å². The van der Waals surface area contributed by atoms with Crippen LogP contribution in [0.4, 0.5) is 4.39 Å². The van der Waals surface area contributed by atoms with Crippen LogP contribution in [0.3, 0.4) is 0 Å². The lowest BCUT2D eigenvalue weighted by Crippen LogP contribution is -2.30. The van der Waals surface area contributed by atoms with E-state index in [0.29, 0.717) is 5.56 Å². The first-order valence-electron chi connectivity index (χ1n) is 7.94. The number of phenolic OH excluding ortho intramolecular Hbond substituents is 1. The van der Waals surface area contributed by atoms with Gasteiger partial charge in [0.05, 0.1) is 11.5 Å². The van der Waals surface area contributed by atoms with E-state index in [2.05, 4.69) is 0 Å². The van der Waals surface area contributed by atoms with E-state index in [9.17, 15) is 24.2 Å². The lowest BCUT2D eigenvalue weighted by atomic mass is 9.89. The number of likely N-dealkylation sites (tertiary alicyclic amines) is 1. The molecule has 0 aromatic heterocycles. The summed E-state index contributed by atoms with van der Waals surface area (Å²) >= 11 is 0. The minimum atomic E-state index is -1.00. The number of carbonyl (C=O) groups excluding carboxylic acids is 1. The number of amides is 1. The van der Waals surface area contributed by atoms with Crippen LogP contribution in [-0.4, -0.2) is 40.1 Å². The van der Waals surface area contributed by atoms with Gasteiger partial charge in [-0.2, -0.15) is 0 Å². The Bertz CT molecular complexity index is 819. The van der Waals surface area contributed by atoms with Gasteiger partial charge >= 0.3 is 5.97 Å². The molecule has 6 heteroatoms. The molecular weight excluding hydrogens is 325 g/mol. The van der Waals surface area contributed by atoms with Crippen molar-refractivity contribution in [3.63, 3.8) is 0 Å². The zero-order valence-electron chi connectivity index (χ0n) is 13.6. The van der Waals surface area contributed by atoms with Crippen molar-refractivity contribution in [3.05, 3.63) is 65.0 Å². The van der Waals surface area contributed by atoms with Crippen molar-refractivity contribution in [1.29, 1.82) is 0 Å². The SMILES string of the molecule is Cc1ccc(O)c(C(=O)N2CC(C(=O)O)C(c3ccc(F)cc3)C2)c1. The Kier molecular flexibility index (Phi) is 4.44. The van der Waals surface area contributed by atoms with Gasteiger partial charge in [0.2, 0.25) is 0 Å². The molecular formula is C19H18FNO4. The maximum absolute atomic E-state index is 13.1. The summed E-state index contributed by atoms with van der Waals surface area (Å²) in [6.07, 6.45) is 0. The molecule has 0 saturated carbocycles. The molecule has 2 aromatic rings. The summed E-state index contributed by atoms with van der Waals surface area (Å²) in [4.78, 5) is 25.8. The molecule has 130 valence electrons. The van der Waals surface area contributed by atoms with Crippen LogP contribution >= 0.6 is 0 Å². The van der Waals surface area contributed by atoms with Crippen molar-refractivity contribution in [3.8, 4) is 5.75 Å². The highest BCUT2D eigenvalue weighted by Crippen LogP contribution is 2.34. The second-order valence-electron chi connectivity index (χ2n) is 6.33. The average Bonchev–Trinajstić information content (AvgIpc) is 3.02. The molecule has 0 bridgehead atoms. The molecule has 1 saturated heterocycles. The summed E-state index contributed by atoms with van der Waals surface area (Å²) < 4.78 is 13.1. The van der Waals surface area contributed by atoms with Crippen LogP contribution in [0.2, 0.25) is 0 Å². The van der Waals surface area contributed by atoms with Gasteiger partial charge in [0, 0.05) is 19.0 Å². The van der Waals surface area contributed by atoms with Gasteiger partial charge in [-0.05, 0) is 36.8 Å². The molecule has 1 aliphatic rings. The lowest BCUT2D eigenvalue weighted by Gasteiger charge is -2.17. The Morgan fingerprint density at radius 2 is 1.80 bits per heavy atom. The second-order valence-corrected chi connectivity index (χ2v) is 6.33. The van der Waals surface area contributed by atoms with Crippen LogP contribution in [-0.2, 0) is 4.79 Å². The zero-order valence-corrected chi connectivity index (χ0v) is 13.6. The van der Waals surface area contributed by atoms with Gasteiger partial charge in [-0.15, -0.1) is 0 Å². The molecule has 1 amide bonds. The fraction of sp³-hybridized carbons (Fsp3) is 0.263. The highest BCUT2D eigenvalue weighted by molar-refractivity contribution is 5.97. The molecule has 1 aliphatic heterocycles. The van der Waals surface area contributed by atoms with Crippen LogP contribution in [0.5, 0.6) is 5.75 Å². The van der Waals surface area contributed by atoms with E-state index < -0.39 is 29.5 Å². The molecule has 0 aliphatic carbocycles. The third-order valence-corrected chi connectivity index (χ3v) is 4.60. The molecule has 2 N–H and O–H groups in total. The normalized spacial score (nSPS) is 19.8. The van der Waals surface area contributed by atoms with Crippen molar-refractivity contribution >= 4 is 11.9 Å². The summed E-state index contributed by atoms with van der Waals surface area (Å²) in [5.41, 5.74) is 1.66. The third kappa shape index (κ3) is 3.33. The number of halogens is 1. The number of phenols is 1. The summed E-state index contributed by atoms with van der Waals surface area (Å²) in [6.45, 7) is 2.06. The number of hydrogen-bond donors (Lipinski definition) is 2. The first-order valence-corrected chi connectivity index (χ1v) is 7.94. The highest BCUT2D eigenvalue weighted by atomic mass is 19.1. The third-order valence-electron chi connectivity index (χ3n) is 4.60. The second kappa shape index (κ2) is 6.55. The maximum atomic E-state index is 13.1. The van der Waals surface area contributed by atoms with Gasteiger partial charge in [-0.1, -0.05) is 23.8 Å². The minimum absolute atomic E-state index is 0.0452. The van der Waals surface area contributed by atoms with E-state index in [0.717, 1.165) is 5.56 Å². The zero-order chi connectivity index (χ0) is 18.1. The quantitative estimate of drug-likeness (QED) is 0.898. The lowest BCUT2D eigenvalue weighted by molar-refractivity contribution is -0.141. The van der Waals surface area contributed by atoms with Crippen LogP contribution in [0.25, 0.3) is 0 Å². The number of benzene rings is 2. The van der Waals surface area contributed by atoms with Gasteiger partial charge in [0.25, 0.3) is 5.91 Å². The van der Waals surface area contributed by atoms with Crippen molar-refractivity contribution in [2.24, 2.45) is 5.92 Å². The van der Waals surface area contributed by atoms with Crippen LogP contribution in [0.15, 0.2) is 42.5 Å². The van der Waals surface area contributed by atoms with Crippen molar-refractivity contribution in [2.75, 3.05) is 13.1 Å². The van der Waals surface area contributed by atoms with E-state index in [1.54, 1.807) is 24.3 Å². The number of aryl methyl sites for hydroxylation is 1. The predicted molar refractivity (Wildman–Crippen MR) is 89.0 cm³/mol. The van der Waals surface area contributed by atoms with Gasteiger partial charge in [0.15, 0.2) is 0 Å². The van der Waals surface area contributed by atoms with Gasteiger partial charge in [0.1, 0.15) is 11.6 Å². The van der Waals surface area contributed by atoms with Crippen molar-refractivity contribution in [2.45, 2.75) is 12.8 Å². The smallest absolute Gasteiger partial charge is 0.308 e. The maximum Gasteiger partial charge on any atom is 0.308 e. The van der Waals surface area contributed by atoms with E-state index in [1.807, 2.05) is 6.92 Å². The number of hydrogen-bond acceptors (Lipinski definition) is 3. The molecule has 5 nitrogen and oxygen atoms in total. The number of nitrogens with zero attached hydrogens (tertiary/aromatic N) is 1. The van der Waals surface area contributed by atoms with E-state index in [-0.39, 0.29) is 24.4 Å². The molecule has 25 heavy (non-hydrogen) atoms. The molecule has 1 heterocycles. The average molecular weight is 343 g/mol. The first-order chi connectivity index (χ1) is 11.9. The summed E-state index contributed by atoms with van der Waals surface area (Å²) in [5.74, 6) is -3.13. The fourth-order valence-corrected chi connectivity index (χ4v) is 3.26. The Morgan fingerprint density at radius 1 is 1.12 bits per heavy atom. The number of carbonyl (C=O) groups is 2. The summed E-state index contributed by atoms with van der Waals surface area (Å²) in [5, 5.41) is 19.5. The van der Waals surface area contributed by atoms with Gasteiger partial charge in [-0.25, -0.2) is 4.39 Å². The number of carboxylic acid groups (broad SMARTS) is 1. The van der Waals surface area contributed by atoms with E-state index >= 15 is 0 Å². The van der Waals surface area contributed by atoms with Gasteiger partial charge in [-0.3, -0.25) is 9.59 Å². The predicted octanol–water partition coefficient (Wildman–Crippen LogP) is 2.78. The number of rotatable bonds is 3. The Morgan fingerprint density at radius 3 is 2.44 bits per heavy atom. The molecule has 2 unspecified atom stereocenters. The standard InChI is InChI=1S/C19H18FNO4/c1-11-2-7-17(22)14(8-11)18(23)21-9-15(16(10-21)19(24)25)12-3-5-13(20)6-4-12/h2-8,15-16,22H,9-10H2,1H3,(H,24,25). The van der Waals surface area contributed by atoms with Crippen molar-refractivity contribution < 1.29 is 24.2 Å². The number of carboxylic acids is 1. The largest absolute Gasteiger partial charge is 0.507 e. The molecule has 2 aromatic carbocycles. The van der Waals surface area contributed by atoms with Crippen LogP contribution in [0, 0.1) is 18.7 Å². The first kappa shape index (κ1) is 17.0. The molecule has 3 rings (SSSR count). The number of aromatic hydroxyl groups is 1. The highest BCUT2D eigenvalue weighted by Gasteiger charge is 2.41. The fourth-order valence-electron chi connectivity index (χ4n) is 3.26. The molecule has 2 atom stereocenters. The summed E-state index contributed by atoms with van der Waals surface area (Å²) in [6, 6.07) is 10.4. The van der Waals surface area contributed by atoms with Crippen LogP contribution in [0.1, 0.15) is 27.4 Å². The van der Waals surface area contributed by atoms with E-state index in [4.69, 9.17) is 0 Å². The Hall–Kier alpha value is -2.89. The Labute approximate surface area is 144 Å². The molecule has 0 radical (unpaired) electrons. The van der Waals surface area contributed by atoms with Crippen molar-refractivity contribution in [1.82, 2.24) is 4.90 Å². The number of aliphatic carboxylic acids is 1. The topological polar surface area (TPSA) is 77.8 Å². The Balaban J connectivity index is 1.89. The summed E-state index contributed by atoms with van der Waals surface area (Å²) in [7, 11) is 0. The molecule has 1 fully saturated rings.